The molecule has 5 heteroatoms. The minimum absolute atomic E-state index is 0.0422. The molecular formula is C22H29FN2O2. The van der Waals surface area contributed by atoms with E-state index in [9.17, 15) is 9.50 Å². The first-order valence-corrected chi connectivity index (χ1v) is 9.69. The van der Waals surface area contributed by atoms with E-state index in [0.717, 1.165) is 37.9 Å². The van der Waals surface area contributed by atoms with Crippen LogP contribution < -0.4 is 0 Å². The van der Waals surface area contributed by atoms with Crippen LogP contribution >= 0.6 is 0 Å². The van der Waals surface area contributed by atoms with Crippen molar-refractivity contribution in [1.82, 2.24) is 9.97 Å². The highest BCUT2D eigenvalue weighted by atomic mass is 19.1. The van der Waals surface area contributed by atoms with Crippen molar-refractivity contribution in [2.45, 2.75) is 58.5 Å². The second-order valence-electron chi connectivity index (χ2n) is 6.73. The van der Waals surface area contributed by atoms with E-state index in [2.05, 4.69) is 29.9 Å². The molecule has 1 atom stereocenters. The van der Waals surface area contributed by atoms with Gasteiger partial charge in [-0.05, 0) is 50.3 Å². The number of allylic oxidation sites excluding steroid dienone is 1. The molecule has 1 aromatic heterocycles. The average molecular weight is 372 g/mol. The van der Waals surface area contributed by atoms with Gasteiger partial charge in [0.15, 0.2) is 11.6 Å². The Hall–Kier alpha value is -2.27. The number of aromatic nitrogens is 2. The van der Waals surface area contributed by atoms with Crippen LogP contribution in [0.2, 0.25) is 0 Å². The molecular weight excluding hydrogens is 343 g/mol. The molecule has 1 heterocycles. The first-order valence-electron chi connectivity index (χ1n) is 9.69. The normalized spacial score (nSPS) is 12.6. The molecule has 1 aromatic carbocycles. The van der Waals surface area contributed by atoms with E-state index in [0.29, 0.717) is 5.56 Å². The van der Waals surface area contributed by atoms with Crippen LogP contribution in [0.1, 0.15) is 57.9 Å². The molecule has 0 aliphatic heterocycles. The molecule has 0 amide bonds. The Bertz CT molecular complexity index is 717. The predicted octanol–water partition coefficient (Wildman–Crippen LogP) is 5.77. The molecule has 0 radical (unpaired) electrons. The summed E-state index contributed by atoms with van der Waals surface area (Å²) in [5.41, 5.74) is 1.13. The fraction of sp³-hybridized carbons (Fsp3) is 0.455. The molecule has 0 aliphatic rings. The van der Waals surface area contributed by atoms with Gasteiger partial charge in [0.25, 0.3) is 0 Å². The van der Waals surface area contributed by atoms with E-state index in [1.54, 1.807) is 6.07 Å². The van der Waals surface area contributed by atoms with Crippen LogP contribution in [-0.2, 0) is 4.74 Å². The van der Waals surface area contributed by atoms with Gasteiger partial charge in [-0.3, -0.25) is 0 Å². The highest BCUT2D eigenvalue weighted by Gasteiger charge is 2.08. The van der Waals surface area contributed by atoms with Crippen molar-refractivity contribution in [2.24, 2.45) is 0 Å². The molecule has 0 bridgehead atoms. The number of hydrogen-bond donors (Lipinski definition) is 1. The van der Waals surface area contributed by atoms with E-state index in [1.807, 2.05) is 12.1 Å². The lowest BCUT2D eigenvalue weighted by atomic mass is 10.1. The molecule has 0 aliphatic carbocycles. The molecule has 0 saturated heterocycles. The second kappa shape index (κ2) is 11.4. The average Bonchev–Trinajstić information content (AvgIpc) is 2.66. The maximum atomic E-state index is 14.3. The van der Waals surface area contributed by atoms with Gasteiger partial charge in [0, 0.05) is 6.61 Å². The zero-order valence-corrected chi connectivity index (χ0v) is 16.2. The van der Waals surface area contributed by atoms with Crippen LogP contribution in [-0.4, -0.2) is 27.8 Å². The number of hydrogen-bond acceptors (Lipinski definition) is 4. The molecule has 27 heavy (non-hydrogen) atoms. The van der Waals surface area contributed by atoms with Gasteiger partial charge in [-0.15, -0.1) is 0 Å². The first-order chi connectivity index (χ1) is 13.1. The summed E-state index contributed by atoms with van der Waals surface area (Å²) >= 11 is 0. The van der Waals surface area contributed by atoms with E-state index >= 15 is 0 Å². The lowest BCUT2D eigenvalue weighted by Gasteiger charge is -2.12. The molecule has 0 saturated carbocycles. The molecule has 1 N–H and O–H groups in total. The second-order valence-corrected chi connectivity index (χ2v) is 6.73. The molecule has 146 valence electrons. The standard InChI is InChI=1S/C22H29FN2O2/c1-3-4-8-13-27-17(2)9-6-5-7-10-18-11-12-20(21(23)14-18)22-24-15-19(26)16-25-22/h7,10-12,14-17,26H,3-6,8-9,13H2,1-2H3/b10-7+. The van der Waals surface area contributed by atoms with Crippen molar-refractivity contribution in [3.05, 3.63) is 48.0 Å². The van der Waals surface area contributed by atoms with Crippen LogP contribution in [0, 0.1) is 5.82 Å². The highest BCUT2D eigenvalue weighted by molar-refractivity contribution is 5.60. The van der Waals surface area contributed by atoms with Crippen LogP contribution in [0.4, 0.5) is 4.39 Å². The molecule has 0 fully saturated rings. The summed E-state index contributed by atoms with van der Waals surface area (Å²) in [5, 5.41) is 9.22. The third-order valence-corrected chi connectivity index (χ3v) is 4.31. The molecule has 2 aromatic rings. The first kappa shape index (κ1) is 21.0. The number of rotatable bonds is 11. The van der Waals surface area contributed by atoms with Crippen molar-refractivity contribution in [3.63, 3.8) is 0 Å². The van der Waals surface area contributed by atoms with Gasteiger partial charge >= 0.3 is 0 Å². The number of unbranched alkanes of at least 4 members (excludes halogenated alkanes) is 3. The molecule has 0 spiro atoms. The van der Waals surface area contributed by atoms with Crippen molar-refractivity contribution in [1.29, 1.82) is 0 Å². The monoisotopic (exact) mass is 372 g/mol. The van der Waals surface area contributed by atoms with Crippen molar-refractivity contribution in [2.75, 3.05) is 6.61 Å². The Morgan fingerprint density at radius 1 is 1.19 bits per heavy atom. The number of ether oxygens (including phenoxy) is 1. The van der Waals surface area contributed by atoms with E-state index in [1.165, 1.54) is 31.3 Å². The lowest BCUT2D eigenvalue weighted by molar-refractivity contribution is 0.0566. The van der Waals surface area contributed by atoms with E-state index < -0.39 is 0 Å². The summed E-state index contributed by atoms with van der Waals surface area (Å²) < 4.78 is 20.1. The smallest absolute Gasteiger partial charge is 0.162 e. The Balaban J connectivity index is 1.77. The van der Waals surface area contributed by atoms with Gasteiger partial charge in [-0.2, -0.15) is 0 Å². The number of nitrogens with zero attached hydrogens (tertiary/aromatic N) is 2. The highest BCUT2D eigenvalue weighted by Crippen LogP contribution is 2.21. The van der Waals surface area contributed by atoms with Gasteiger partial charge in [0.05, 0.1) is 24.1 Å². The fourth-order valence-electron chi connectivity index (χ4n) is 2.74. The summed E-state index contributed by atoms with van der Waals surface area (Å²) in [6.07, 6.45) is 13.4. The van der Waals surface area contributed by atoms with Gasteiger partial charge in [0.1, 0.15) is 5.82 Å². The van der Waals surface area contributed by atoms with Gasteiger partial charge in [0.2, 0.25) is 0 Å². The third kappa shape index (κ3) is 7.47. The van der Waals surface area contributed by atoms with Gasteiger partial charge < -0.3 is 9.84 Å². The Morgan fingerprint density at radius 3 is 2.67 bits per heavy atom. The quantitative estimate of drug-likeness (QED) is 0.509. The summed E-state index contributed by atoms with van der Waals surface area (Å²) in [5.74, 6) is -0.162. The minimum Gasteiger partial charge on any atom is -0.505 e. The Kier molecular flexibility index (Phi) is 8.92. The zero-order chi connectivity index (χ0) is 19.5. The van der Waals surface area contributed by atoms with Crippen molar-refractivity contribution in [3.8, 4) is 17.1 Å². The summed E-state index contributed by atoms with van der Waals surface area (Å²) in [6.45, 7) is 5.16. The van der Waals surface area contributed by atoms with E-state index in [-0.39, 0.29) is 23.5 Å². The van der Waals surface area contributed by atoms with Crippen molar-refractivity contribution >= 4 is 6.08 Å². The maximum Gasteiger partial charge on any atom is 0.162 e. The Labute approximate surface area is 161 Å². The molecule has 2 rings (SSSR count). The van der Waals surface area contributed by atoms with Crippen LogP contribution in [0.15, 0.2) is 36.7 Å². The maximum absolute atomic E-state index is 14.3. The number of halogens is 1. The fourth-order valence-corrected chi connectivity index (χ4v) is 2.74. The van der Waals surface area contributed by atoms with E-state index in [4.69, 9.17) is 4.74 Å². The minimum atomic E-state index is -0.378. The predicted molar refractivity (Wildman–Crippen MR) is 107 cm³/mol. The van der Waals surface area contributed by atoms with Gasteiger partial charge in [-0.25, -0.2) is 14.4 Å². The van der Waals surface area contributed by atoms with Crippen LogP contribution in [0.3, 0.4) is 0 Å². The SMILES string of the molecule is CCCCCOC(C)CCC/C=C/c1ccc(-c2ncc(O)cn2)c(F)c1. The van der Waals surface area contributed by atoms with Crippen molar-refractivity contribution < 1.29 is 14.2 Å². The largest absolute Gasteiger partial charge is 0.505 e. The topological polar surface area (TPSA) is 55.2 Å². The Morgan fingerprint density at radius 2 is 1.96 bits per heavy atom. The molecule has 4 nitrogen and oxygen atoms in total. The summed E-state index contributed by atoms with van der Waals surface area (Å²) in [6, 6.07) is 4.97. The van der Waals surface area contributed by atoms with Crippen LogP contribution in [0.5, 0.6) is 5.75 Å². The number of aromatic hydroxyl groups is 1. The summed E-state index contributed by atoms with van der Waals surface area (Å²) in [7, 11) is 0. The third-order valence-electron chi connectivity index (χ3n) is 4.31. The molecule has 1 unspecified atom stereocenters. The van der Waals surface area contributed by atoms with Crippen LogP contribution in [0.25, 0.3) is 17.5 Å². The lowest BCUT2D eigenvalue weighted by Crippen LogP contribution is -2.08. The van der Waals surface area contributed by atoms with Gasteiger partial charge in [-0.1, -0.05) is 38.0 Å². The number of benzene rings is 1. The zero-order valence-electron chi connectivity index (χ0n) is 16.2. The summed E-state index contributed by atoms with van der Waals surface area (Å²) in [4.78, 5) is 7.88.